The highest BCUT2D eigenvalue weighted by molar-refractivity contribution is 5.96. The monoisotopic (exact) mass is 481 g/mol. The van der Waals surface area contributed by atoms with E-state index in [4.69, 9.17) is 4.74 Å². The molecule has 0 radical (unpaired) electrons. The van der Waals surface area contributed by atoms with Gasteiger partial charge in [0, 0.05) is 18.7 Å². The summed E-state index contributed by atoms with van der Waals surface area (Å²) in [7, 11) is 0. The molecule has 0 bridgehead atoms. The quantitative estimate of drug-likeness (QED) is 0.671. The summed E-state index contributed by atoms with van der Waals surface area (Å²) in [5, 5.41) is 6.18. The van der Waals surface area contributed by atoms with Crippen LogP contribution in [0.5, 0.6) is 5.75 Å². The van der Waals surface area contributed by atoms with Crippen LogP contribution in [0, 0.1) is 11.2 Å². The van der Waals surface area contributed by atoms with Crippen LogP contribution < -0.4 is 15.4 Å². The maximum Gasteiger partial charge on any atom is 0.255 e. The summed E-state index contributed by atoms with van der Waals surface area (Å²) in [6, 6.07) is 13.9. The van der Waals surface area contributed by atoms with Crippen LogP contribution in [-0.4, -0.2) is 49.0 Å². The fourth-order valence-electron chi connectivity index (χ4n) is 5.07. The number of fused-ring (bicyclic) bond motifs is 1. The number of benzene rings is 2. The first-order valence-electron chi connectivity index (χ1n) is 12.7. The van der Waals surface area contributed by atoms with Crippen molar-refractivity contribution in [2.24, 2.45) is 5.41 Å². The summed E-state index contributed by atoms with van der Waals surface area (Å²) >= 11 is 0. The molecule has 188 valence electrons. The lowest BCUT2D eigenvalue weighted by Crippen LogP contribution is -2.51. The Morgan fingerprint density at radius 2 is 1.74 bits per heavy atom. The number of rotatable bonds is 2. The van der Waals surface area contributed by atoms with Gasteiger partial charge in [0.15, 0.2) is 0 Å². The van der Waals surface area contributed by atoms with Crippen LogP contribution in [0.15, 0.2) is 48.5 Å². The predicted octanol–water partition coefficient (Wildman–Crippen LogP) is 4.30. The van der Waals surface area contributed by atoms with Crippen LogP contribution in [0.3, 0.4) is 0 Å². The Morgan fingerprint density at radius 1 is 1.00 bits per heavy atom. The number of amides is 2. The summed E-state index contributed by atoms with van der Waals surface area (Å²) in [5.74, 6) is 0.293. The minimum atomic E-state index is -0.429. The van der Waals surface area contributed by atoms with Crippen LogP contribution in [0.4, 0.5) is 4.39 Å². The van der Waals surface area contributed by atoms with Crippen molar-refractivity contribution in [3.63, 3.8) is 0 Å². The van der Waals surface area contributed by atoms with E-state index in [9.17, 15) is 14.0 Å². The fraction of sp³-hybridized carbons (Fsp3) is 0.500. The molecule has 1 fully saturated rings. The average molecular weight is 482 g/mol. The van der Waals surface area contributed by atoms with Gasteiger partial charge in [-0.15, -0.1) is 0 Å². The van der Waals surface area contributed by atoms with Gasteiger partial charge in [-0.05, 0) is 63.9 Å². The largest absolute Gasteiger partial charge is 0.491 e. The smallest absolute Gasteiger partial charge is 0.255 e. The van der Waals surface area contributed by atoms with Gasteiger partial charge >= 0.3 is 0 Å². The Hall–Kier alpha value is -2.93. The highest BCUT2D eigenvalue weighted by Crippen LogP contribution is 2.38. The third-order valence-electron chi connectivity index (χ3n) is 7.26. The number of hydrogen-bond acceptors (Lipinski definition) is 4. The normalized spacial score (nSPS) is 22.2. The zero-order chi connectivity index (χ0) is 24.7. The maximum absolute atomic E-state index is 14.1. The van der Waals surface area contributed by atoms with Gasteiger partial charge in [-0.25, -0.2) is 4.39 Å². The molecule has 2 aliphatic rings. The number of piperidine rings is 1. The molecule has 4 rings (SSSR count). The Kier molecular flexibility index (Phi) is 8.39. The number of nitrogens with zero attached hydrogens (tertiary/aromatic N) is 1. The van der Waals surface area contributed by atoms with E-state index in [2.05, 4.69) is 15.5 Å². The number of carbonyl (C=O) groups is 2. The summed E-state index contributed by atoms with van der Waals surface area (Å²) in [6.45, 7) is 4.89. The highest BCUT2D eigenvalue weighted by Gasteiger charge is 2.41. The molecule has 2 aromatic carbocycles. The van der Waals surface area contributed by atoms with Gasteiger partial charge in [0.2, 0.25) is 5.91 Å². The molecule has 6 nitrogen and oxygen atoms in total. The van der Waals surface area contributed by atoms with E-state index in [0.29, 0.717) is 30.0 Å². The molecule has 0 saturated carbocycles. The second kappa shape index (κ2) is 11.7. The van der Waals surface area contributed by atoms with E-state index in [1.165, 1.54) is 6.07 Å². The Bertz CT molecular complexity index is 1020. The molecule has 1 atom stereocenters. The van der Waals surface area contributed by atoms with Crippen molar-refractivity contribution in [2.45, 2.75) is 58.0 Å². The van der Waals surface area contributed by atoms with E-state index in [1.54, 1.807) is 18.2 Å². The van der Waals surface area contributed by atoms with E-state index < -0.39 is 5.41 Å². The second-order valence-corrected chi connectivity index (χ2v) is 9.90. The fourth-order valence-corrected chi connectivity index (χ4v) is 5.07. The van der Waals surface area contributed by atoms with E-state index in [-0.39, 0.29) is 30.3 Å². The molecule has 2 aliphatic heterocycles. The molecule has 35 heavy (non-hydrogen) atoms. The summed E-state index contributed by atoms with van der Waals surface area (Å²) in [6.07, 6.45) is 5.05. The molecule has 1 spiro atoms. The molecule has 0 aliphatic carbocycles. The van der Waals surface area contributed by atoms with Crippen molar-refractivity contribution in [1.29, 1.82) is 0 Å². The lowest BCUT2D eigenvalue weighted by Gasteiger charge is -2.41. The van der Waals surface area contributed by atoms with Crippen molar-refractivity contribution in [1.82, 2.24) is 15.5 Å². The first-order chi connectivity index (χ1) is 17.0. The number of halogens is 1. The van der Waals surface area contributed by atoms with E-state index in [0.717, 1.165) is 51.6 Å². The minimum absolute atomic E-state index is 0.0801. The predicted molar refractivity (Wildman–Crippen MR) is 134 cm³/mol. The van der Waals surface area contributed by atoms with Gasteiger partial charge in [-0.1, -0.05) is 43.2 Å². The maximum atomic E-state index is 14.1. The van der Waals surface area contributed by atoms with Crippen molar-refractivity contribution in [3.8, 4) is 5.75 Å². The zero-order valence-corrected chi connectivity index (χ0v) is 20.5. The molecule has 0 aromatic heterocycles. The molecule has 2 amide bonds. The molecule has 2 heterocycles. The van der Waals surface area contributed by atoms with Crippen LogP contribution in [0.1, 0.15) is 61.4 Å². The van der Waals surface area contributed by atoms with Crippen LogP contribution in [-0.2, 0) is 11.3 Å². The van der Waals surface area contributed by atoms with Crippen molar-refractivity contribution in [2.75, 3.05) is 26.2 Å². The summed E-state index contributed by atoms with van der Waals surface area (Å²) in [4.78, 5) is 28.4. The van der Waals surface area contributed by atoms with Crippen LogP contribution in [0.2, 0.25) is 0 Å². The number of carbonyl (C=O) groups excluding carboxylic acids is 2. The molecule has 2 aromatic rings. The van der Waals surface area contributed by atoms with Crippen molar-refractivity contribution >= 4 is 11.8 Å². The van der Waals surface area contributed by atoms with E-state index in [1.807, 2.05) is 31.2 Å². The number of likely N-dealkylation sites (tertiary alicyclic amines) is 1. The first-order valence-corrected chi connectivity index (χ1v) is 12.7. The molecule has 2 N–H and O–H groups in total. The standard InChI is InChI=1S/C28H36FN3O3/c1-21-20-35-25-12-6-4-10-23(25)26(33)30-16-8-2-7-13-28(27(34)31-21)14-17-32(18-15-28)19-22-9-3-5-11-24(22)29/h3-6,9-12,21H,2,7-8,13-20H2,1H3,(H,30,33)(H,31,34)/t21-/m0/s1. The summed E-state index contributed by atoms with van der Waals surface area (Å²) < 4.78 is 20.1. The van der Waals surface area contributed by atoms with Gasteiger partial charge in [0.1, 0.15) is 18.2 Å². The number of para-hydroxylation sites is 1. The topological polar surface area (TPSA) is 70.7 Å². The molecule has 1 saturated heterocycles. The average Bonchev–Trinajstić information content (AvgIpc) is 2.87. The lowest BCUT2D eigenvalue weighted by molar-refractivity contribution is -0.135. The van der Waals surface area contributed by atoms with Gasteiger partial charge in [-0.2, -0.15) is 0 Å². The van der Waals surface area contributed by atoms with Crippen LogP contribution in [0.25, 0.3) is 0 Å². The zero-order valence-electron chi connectivity index (χ0n) is 20.5. The Balaban J connectivity index is 1.43. The Morgan fingerprint density at radius 3 is 2.54 bits per heavy atom. The third-order valence-corrected chi connectivity index (χ3v) is 7.26. The number of ether oxygens (including phenoxy) is 1. The first kappa shape index (κ1) is 25.2. The summed E-state index contributed by atoms with van der Waals surface area (Å²) in [5.41, 5.74) is 0.782. The second-order valence-electron chi connectivity index (χ2n) is 9.90. The molecular formula is C28H36FN3O3. The number of nitrogens with one attached hydrogen (secondary N) is 2. The van der Waals surface area contributed by atoms with Crippen LogP contribution >= 0.6 is 0 Å². The van der Waals surface area contributed by atoms with Gasteiger partial charge in [-0.3, -0.25) is 14.5 Å². The lowest BCUT2D eigenvalue weighted by atomic mass is 9.73. The molecule has 7 heteroatoms. The highest BCUT2D eigenvalue weighted by atomic mass is 19.1. The minimum Gasteiger partial charge on any atom is -0.491 e. The third kappa shape index (κ3) is 6.40. The molecular weight excluding hydrogens is 445 g/mol. The Labute approximate surface area is 207 Å². The molecule has 0 unspecified atom stereocenters. The van der Waals surface area contributed by atoms with Gasteiger partial charge in [0.05, 0.1) is 17.0 Å². The van der Waals surface area contributed by atoms with Crippen molar-refractivity contribution < 1.29 is 18.7 Å². The van der Waals surface area contributed by atoms with Gasteiger partial charge in [0.25, 0.3) is 5.91 Å². The SMILES string of the molecule is C[C@H]1COc2ccccc2C(=O)NCCCCCC2(CCN(Cc3ccccc3F)CC2)C(=O)N1. The van der Waals surface area contributed by atoms with Gasteiger partial charge < -0.3 is 15.4 Å². The van der Waals surface area contributed by atoms with E-state index >= 15 is 0 Å². The number of hydrogen-bond donors (Lipinski definition) is 2. The van der Waals surface area contributed by atoms with Crippen molar-refractivity contribution in [3.05, 3.63) is 65.5 Å².